The van der Waals surface area contributed by atoms with Crippen molar-refractivity contribution >= 4 is 11.8 Å². The maximum atomic E-state index is 12.6. The molecule has 1 aromatic carbocycles. The number of likely N-dealkylation sites (N-methyl/N-ethyl adjacent to an activating group) is 1. The van der Waals surface area contributed by atoms with E-state index in [-0.39, 0.29) is 17.9 Å². The first-order valence-corrected chi connectivity index (χ1v) is 8.27. The summed E-state index contributed by atoms with van der Waals surface area (Å²) in [6, 6.07) is 10.2. The lowest BCUT2D eigenvalue weighted by Gasteiger charge is -2.31. The Morgan fingerprint density at radius 1 is 1.26 bits per heavy atom. The van der Waals surface area contributed by atoms with Crippen LogP contribution in [0, 0.1) is 0 Å². The number of amides is 2. The lowest BCUT2D eigenvalue weighted by molar-refractivity contribution is -0.133. The number of nitrogens with zero attached hydrogens (tertiary/aromatic N) is 3. The normalized spacial score (nSPS) is 19.5. The van der Waals surface area contributed by atoms with Gasteiger partial charge in [0.1, 0.15) is 0 Å². The number of hydrogen-bond acceptors (Lipinski definition) is 3. The summed E-state index contributed by atoms with van der Waals surface area (Å²) in [7, 11) is 3.54. The molecule has 0 radical (unpaired) electrons. The molecule has 0 spiro atoms. The minimum absolute atomic E-state index is 0.0869. The van der Waals surface area contributed by atoms with Crippen molar-refractivity contribution < 1.29 is 9.59 Å². The number of carbonyl (C=O) groups excluding carboxylic acids is 2. The van der Waals surface area contributed by atoms with Gasteiger partial charge in [0.25, 0.3) is 0 Å². The summed E-state index contributed by atoms with van der Waals surface area (Å²) in [4.78, 5) is 30.2. The Balaban J connectivity index is 2.08. The van der Waals surface area contributed by atoms with E-state index in [9.17, 15) is 9.59 Å². The summed E-state index contributed by atoms with van der Waals surface area (Å²) in [6.07, 6.45) is 1.37. The maximum absolute atomic E-state index is 12.6. The third-order valence-corrected chi connectivity index (χ3v) is 4.40. The first-order valence-electron chi connectivity index (χ1n) is 8.27. The van der Waals surface area contributed by atoms with E-state index in [0.717, 1.165) is 18.5 Å². The van der Waals surface area contributed by atoms with Crippen LogP contribution in [0.5, 0.6) is 0 Å². The van der Waals surface area contributed by atoms with Crippen molar-refractivity contribution in [2.45, 2.75) is 32.4 Å². The monoisotopic (exact) mass is 317 g/mol. The average molecular weight is 317 g/mol. The second-order valence-corrected chi connectivity index (χ2v) is 6.34. The fourth-order valence-electron chi connectivity index (χ4n) is 2.91. The Kier molecular flexibility index (Phi) is 6.16. The standard InChI is InChI=1S/C18H27N3O2/c1-4-16-13-20(14-18(23)19(2)3)11-10-17(22)21(16)12-15-8-6-5-7-9-15/h5-9,16H,4,10-14H2,1-3H3/t16-/m1/s1. The molecular weight excluding hydrogens is 290 g/mol. The fourth-order valence-corrected chi connectivity index (χ4v) is 2.91. The minimum Gasteiger partial charge on any atom is -0.348 e. The summed E-state index contributed by atoms with van der Waals surface area (Å²) in [6.45, 7) is 4.55. The van der Waals surface area contributed by atoms with Crippen molar-refractivity contribution in [3.05, 3.63) is 35.9 Å². The first kappa shape index (κ1) is 17.5. The number of rotatable bonds is 5. The van der Waals surface area contributed by atoms with Gasteiger partial charge in [0.2, 0.25) is 11.8 Å². The van der Waals surface area contributed by atoms with Gasteiger partial charge in [-0.2, -0.15) is 0 Å². The van der Waals surface area contributed by atoms with Crippen LogP contribution in [0.2, 0.25) is 0 Å². The van der Waals surface area contributed by atoms with Crippen molar-refractivity contribution in [1.82, 2.24) is 14.7 Å². The van der Waals surface area contributed by atoms with Crippen LogP contribution in [0.4, 0.5) is 0 Å². The van der Waals surface area contributed by atoms with E-state index in [1.807, 2.05) is 23.1 Å². The van der Waals surface area contributed by atoms with Crippen molar-refractivity contribution in [1.29, 1.82) is 0 Å². The van der Waals surface area contributed by atoms with E-state index in [1.54, 1.807) is 19.0 Å². The minimum atomic E-state index is 0.0869. The molecule has 1 fully saturated rings. The topological polar surface area (TPSA) is 43.9 Å². The summed E-state index contributed by atoms with van der Waals surface area (Å²) < 4.78 is 0. The van der Waals surface area contributed by atoms with Gasteiger partial charge >= 0.3 is 0 Å². The van der Waals surface area contributed by atoms with Crippen LogP contribution in [0.25, 0.3) is 0 Å². The Labute approximate surface area is 138 Å². The first-order chi connectivity index (χ1) is 11.0. The second-order valence-electron chi connectivity index (χ2n) is 6.34. The van der Waals surface area contributed by atoms with E-state index in [1.165, 1.54) is 0 Å². The van der Waals surface area contributed by atoms with Gasteiger partial charge in [-0.05, 0) is 12.0 Å². The van der Waals surface area contributed by atoms with Crippen molar-refractivity contribution in [2.24, 2.45) is 0 Å². The molecule has 2 rings (SSSR count). The molecule has 0 saturated carbocycles. The molecule has 0 bridgehead atoms. The Morgan fingerprint density at radius 3 is 2.57 bits per heavy atom. The van der Waals surface area contributed by atoms with Crippen LogP contribution in [0.15, 0.2) is 30.3 Å². The lowest BCUT2D eigenvalue weighted by atomic mass is 10.1. The number of carbonyl (C=O) groups is 2. The van der Waals surface area contributed by atoms with Gasteiger partial charge in [-0.25, -0.2) is 0 Å². The van der Waals surface area contributed by atoms with Crippen LogP contribution in [-0.4, -0.2) is 66.3 Å². The zero-order valence-corrected chi connectivity index (χ0v) is 14.4. The van der Waals surface area contributed by atoms with E-state index in [0.29, 0.717) is 26.1 Å². The van der Waals surface area contributed by atoms with Gasteiger partial charge in [-0.3, -0.25) is 14.5 Å². The van der Waals surface area contributed by atoms with Gasteiger partial charge in [0.15, 0.2) is 0 Å². The van der Waals surface area contributed by atoms with E-state index in [2.05, 4.69) is 24.0 Å². The molecule has 23 heavy (non-hydrogen) atoms. The highest BCUT2D eigenvalue weighted by atomic mass is 16.2. The molecule has 0 unspecified atom stereocenters. The van der Waals surface area contributed by atoms with E-state index in [4.69, 9.17) is 0 Å². The number of hydrogen-bond donors (Lipinski definition) is 0. The molecule has 2 amide bonds. The van der Waals surface area contributed by atoms with Crippen LogP contribution in [0.1, 0.15) is 25.3 Å². The smallest absolute Gasteiger partial charge is 0.236 e. The molecule has 0 aromatic heterocycles. The van der Waals surface area contributed by atoms with Gasteiger partial charge in [-0.15, -0.1) is 0 Å². The molecule has 1 aliphatic rings. The molecule has 5 nitrogen and oxygen atoms in total. The molecule has 5 heteroatoms. The summed E-state index contributed by atoms with van der Waals surface area (Å²) in [5.74, 6) is 0.268. The molecule has 1 atom stereocenters. The van der Waals surface area contributed by atoms with E-state index >= 15 is 0 Å². The average Bonchev–Trinajstić information content (AvgIpc) is 2.69. The highest BCUT2D eigenvalue weighted by Gasteiger charge is 2.29. The Morgan fingerprint density at radius 2 is 1.96 bits per heavy atom. The molecular formula is C18H27N3O2. The Bertz CT molecular complexity index is 530. The summed E-state index contributed by atoms with van der Waals surface area (Å²) >= 11 is 0. The summed E-state index contributed by atoms with van der Waals surface area (Å²) in [5, 5.41) is 0. The van der Waals surface area contributed by atoms with Crippen molar-refractivity contribution in [3.63, 3.8) is 0 Å². The third-order valence-electron chi connectivity index (χ3n) is 4.40. The molecule has 1 heterocycles. The maximum Gasteiger partial charge on any atom is 0.236 e. The van der Waals surface area contributed by atoms with Gasteiger partial charge < -0.3 is 9.80 Å². The van der Waals surface area contributed by atoms with Crippen LogP contribution in [-0.2, 0) is 16.1 Å². The zero-order chi connectivity index (χ0) is 16.8. The van der Waals surface area contributed by atoms with Crippen LogP contribution < -0.4 is 0 Å². The fraction of sp³-hybridized carbons (Fsp3) is 0.556. The van der Waals surface area contributed by atoms with Crippen molar-refractivity contribution in [3.8, 4) is 0 Å². The predicted octanol–water partition coefficient (Wildman–Crippen LogP) is 1.59. The lowest BCUT2D eigenvalue weighted by Crippen LogP contribution is -2.44. The molecule has 1 aliphatic heterocycles. The van der Waals surface area contributed by atoms with E-state index < -0.39 is 0 Å². The largest absolute Gasteiger partial charge is 0.348 e. The quantitative estimate of drug-likeness (QED) is 0.828. The SMILES string of the molecule is CC[C@@H]1CN(CC(=O)N(C)C)CCC(=O)N1Cc1ccccc1. The molecule has 1 aromatic rings. The third kappa shape index (κ3) is 4.79. The highest BCUT2D eigenvalue weighted by molar-refractivity contribution is 5.79. The molecule has 1 saturated heterocycles. The van der Waals surface area contributed by atoms with Gasteiger partial charge in [0, 0.05) is 46.2 Å². The Hall–Kier alpha value is -1.88. The molecule has 0 N–H and O–H groups in total. The van der Waals surface area contributed by atoms with Gasteiger partial charge in [-0.1, -0.05) is 37.3 Å². The van der Waals surface area contributed by atoms with Crippen LogP contribution >= 0.6 is 0 Å². The van der Waals surface area contributed by atoms with Gasteiger partial charge in [0.05, 0.1) is 6.54 Å². The second kappa shape index (κ2) is 8.11. The highest BCUT2D eigenvalue weighted by Crippen LogP contribution is 2.17. The van der Waals surface area contributed by atoms with Crippen molar-refractivity contribution in [2.75, 3.05) is 33.7 Å². The molecule has 126 valence electrons. The predicted molar refractivity (Wildman–Crippen MR) is 90.8 cm³/mol. The number of benzene rings is 1. The zero-order valence-electron chi connectivity index (χ0n) is 14.4. The van der Waals surface area contributed by atoms with Crippen LogP contribution in [0.3, 0.4) is 0 Å². The molecule has 0 aliphatic carbocycles. The summed E-state index contributed by atoms with van der Waals surface area (Å²) in [5.41, 5.74) is 1.15.